The van der Waals surface area contributed by atoms with Gasteiger partial charge in [0.05, 0.1) is 24.6 Å². The van der Waals surface area contributed by atoms with Gasteiger partial charge in [0.15, 0.2) is 11.5 Å². The molecule has 1 fully saturated rings. The molecule has 1 aliphatic heterocycles. The lowest BCUT2D eigenvalue weighted by molar-refractivity contribution is 0.0350. The highest BCUT2D eigenvalue weighted by atomic mass is 16.5. The Labute approximate surface area is 281 Å². The lowest BCUT2D eigenvalue weighted by Crippen LogP contribution is -2.26. The topological polar surface area (TPSA) is 124 Å². The Morgan fingerprint density at radius 1 is 0.915 bits per heavy atom. The first-order valence-electron chi connectivity index (χ1n) is 17.7. The van der Waals surface area contributed by atoms with E-state index in [1.807, 2.05) is 30.5 Å². The summed E-state index contributed by atoms with van der Waals surface area (Å²) < 4.78 is 6.11. The van der Waals surface area contributed by atoms with Gasteiger partial charge < -0.3 is 36.1 Å². The summed E-state index contributed by atoms with van der Waals surface area (Å²) in [5, 5.41) is 35.7. The zero-order valence-corrected chi connectivity index (χ0v) is 28.0. The van der Waals surface area contributed by atoms with Gasteiger partial charge in [-0.25, -0.2) is 0 Å². The highest BCUT2D eigenvalue weighted by molar-refractivity contribution is 5.42. The number of phenols is 1. The number of benzene rings is 2. The number of allylic oxidation sites excluding steroid dienone is 2. The van der Waals surface area contributed by atoms with Crippen molar-refractivity contribution in [1.82, 2.24) is 10.3 Å². The number of dihydropyridines is 1. The van der Waals surface area contributed by atoms with E-state index in [0.29, 0.717) is 55.8 Å². The third-order valence-corrected chi connectivity index (χ3v) is 10.4. The number of aryl methyl sites for hydroxylation is 1. The van der Waals surface area contributed by atoms with Crippen molar-refractivity contribution in [3.63, 3.8) is 0 Å². The molecule has 2 aromatic carbocycles. The fraction of sp³-hybridized carbons (Fsp3) is 0.500. The Kier molecular flexibility index (Phi) is 12.9. The van der Waals surface area contributed by atoms with Crippen LogP contribution in [0.5, 0.6) is 11.5 Å². The molecule has 7 nitrogen and oxygen atoms in total. The van der Waals surface area contributed by atoms with Gasteiger partial charge >= 0.3 is 0 Å². The first-order chi connectivity index (χ1) is 22.8. The minimum Gasteiger partial charge on any atom is -0.504 e. The molecule has 0 spiro atoms. The molecule has 1 saturated carbocycles. The zero-order valence-electron chi connectivity index (χ0n) is 28.0. The Morgan fingerprint density at radius 2 is 1.72 bits per heavy atom. The van der Waals surface area contributed by atoms with Crippen molar-refractivity contribution in [3.05, 3.63) is 107 Å². The fourth-order valence-corrected chi connectivity index (χ4v) is 7.54. The quantitative estimate of drug-likeness (QED) is 0.0957. The van der Waals surface area contributed by atoms with Crippen molar-refractivity contribution in [2.24, 2.45) is 29.4 Å². The fourth-order valence-electron chi connectivity index (χ4n) is 7.54. The normalized spacial score (nSPS) is 21.0. The van der Waals surface area contributed by atoms with Gasteiger partial charge in [0.2, 0.25) is 0 Å². The monoisotopic (exact) mass is 641 g/mol. The van der Waals surface area contributed by atoms with Crippen LogP contribution < -0.4 is 15.8 Å². The van der Waals surface area contributed by atoms with Crippen LogP contribution in [0.4, 0.5) is 0 Å². The minimum atomic E-state index is -0.577. The van der Waals surface area contributed by atoms with Crippen LogP contribution in [-0.2, 0) is 19.3 Å². The summed E-state index contributed by atoms with van der Waals surface area (Å²) in [6.07, 6.45) is 14.9. The van der Waals surface area contributed by atoms with Crippen molar-refractivity contribution >= 4 is 0 Å². The molecular formula is C40H55N3O4. The third-order valence-electron chi connectivity index (χ3n) is 10.4. The van der Waals surface area contributed by atoms with Crippen LogP contribution in [-0.4, -0.2) is 45.7 Å². The molecule has 5 rings (SSSR count). The summed E-state index contributed by atoms with van der Waals surface area (Å²) in [6.45, 7) is 3.53. The third kappa shape index (κ3) is 10.7. The molecule has 7 heteroatoms. The molecule has 0 bridgehead atoms. The molecule has 0 radical (unpaired) electrons. The van der Waals surface area contributed by atoms with Crippen molar-refractivity contribution in [2.75, 3.05) is 13.2 Å². The maximum atomic E-state index is 11.1. The summed E-state index contributed by atoms with van der Waals surface area (Å²) in [7, 11) is 0. The molecule has 2 heterocycles. The number of ether oxygens (including phenoxy) is 1. The molecule has 7 N–H and O–H groups in total. The number of aromatic nitrogens is 1. The number of hydrogen-bond donors (Lipinski definition) is 6. The van der Waals surface area contributed by atoms with Gasteiger partial charge in [-0.2, -0.15) is 0 Å². The molecule has 0 amide bonds. The lowest BCUT2D eigenvalue weighted by Gasteiger charge is -2.25. The van der Waals surface area contributed by atoms with Crippen molar-refractivity contribution in [2.45, 2.75) is 89.8 Å². The molecule has 6 atom stereocenters. The van der Waals surface area contributed by atoms with Crippen molar-refractivity contribution in [3.8, 4) is 11.5 Å². The highest BCUT2D eigenvalue weighted by Gasteiger charge is 2.28. The second-order valence-corrected chi connectivity index (χ2v) is 13.9. The van der Waals surface area contributed by atoms with Crippen LogP contribution in [0, 0.1) is 23.7 Å². The average molecular weight is 642 g/mol. The first-order valence-corrected chi connectivity index (χ1v) is 17.7. The number of hydrogen-bond acceptors (Lipinski definition) is 6. The summed E-state index contributed by atoms with van der Waals surface area (Å²) in [6, 6.07) is 20.3. The molecular weight excluding hydrogens is 586 g/mol. The van der Waals surface area contributed by atoms with Gasteiger partial charge in [-0.1, -0.05) is 62.2 Å². The van der Waals surface area contributed by atoms with E-state index in [4.69, 9.17) is 10.5 Å². The van der Waals surface area contributed by atoms with Gasteiger partial charge in [-0.15, -0.1) is 0 Å². The largest absolute Gasteiger partial charge is 0.504 e. The molecule has 3 aromatic rings. The summed E-state index contributed by atoms with van der Waals surface area (Å²) in [5.74, 6) is 3.03. The second kappa shape index (κ2) is 17.5. The number of nitrogens with two attached hydrogens (primary N) is 1. The van der Waals surface area contributed by atoms with Crippen molar-refractivity contribution < 1.29 is 20.1 Å². The van der Waals surface area contributed by atoms with Crippen LogP contribution in [0.25, 0.3) is 0 Å². The van der Waals surface area contributed by atoms with Gasteiger partial charge in [0, 0.05) is 18.4 Å². The van der Waals surface area contributed by atoms with E-state index in [9.17, 15) is 15.3 Å². The molecule has 47 heavy (non-hydrogen) atoms. The smallest absolute Gasteiger partial charge is 0.161 e. The Balaban J connectivity index is 1.07. The van der Waals surface area contributed by atoms with E-state index in [0.717, 1.165) is 56.2 Å². The standard InChI is InChI=1S/C40H55N3O4/c1-28(23-29-7-3-2-4-8-29)31-9-5-10-32(15-14-31)38(46)27-36(44)16-12-30-13-17-37(45)39(24-30)47-22-19-34(25-35-11-6-20-42-35)33-18-21-43-40(41)26-33/h2-4,6-8,11,13,17-18,20,24,26,28,31-32,34,36,38,42-46H,5,9-10,12,14-16,19,21-23,25,27,41H2,1H3. The van der Waals surface area contributed by atoms with E-state index in [1.165, 1.54) is 17.6 Å². The molecule has 254 valence electrons. The Hall–Kier alpha value is -3.68. The number of aromatic hydroxyl groups is 1. The second-order valence-electron chi connectivity index (χ2n) is 13.9. The number of aliphatic hydroxyl groups is 2. The predicted molar refractivity (Wildman–Crippen MR) is 189 cm³/mol. The molecule has 0 saturated heterocycles. The highest BCUT2D eigenvalue weighted by Crippen LogP contribution is 2.36. The zero-order chi connectivity index (χ0) is 33.0. The Morgan fingerprint density at radius 3 is 2.51 bits per heavy atom. The SMILES string of the molecule is CC(Cc1ccccc1)C1CCCC(C(O)CC(O)CCc2ccc(O)c(OCCC(Cc3ccc[nH]3)C3=CCNC(N)=C3)c2)CC1. The van der Waals surface area contributed by atoms with E-state index < -0.39 is 12.2 Å². The van der Waals surface area contributed by atoms with Crippen LogP contribution in [0.15, 0.2) is 90.4 Å². The molecule has 1 aliphatic carbocycles. The summed E-state index contributed by atoms with van der Waals surface area (Å²) in [4.78, 5) is 3.30. The Bertz CT molecular complexity index is 1420. The maximum Gasteiger partial charge on any atom is 0.161 e. The van der Waals surface area contributed by atoms with Crippen LogP contribution >= 0.6 is 0 Å². The number of H-pyrrole nitrogens is 1. The van der Waals surface area contributed by atoms with E-state index in [2.05, 4.69) is 59.7 Å². The number of rotatable bonds is 16. The van der Waals surface area contributed by atoms with Crippen molar-refractivity contribution in [1.29, 1.82) is 0 Å². The van der Waals surface area contributed by atoms with Gasteiger partial charge in [-0.05, 0) is 129 Å². The summed E-state index contributed by atoms with van der Waals surface area (Å²) in [5.41, 5.74) is 10.8. The van der Waals surface area contributed by atoms with E-state index >= 15 is 0 Å². The van der Waals surface area contributed by atoms with Crippen LogP contribution in [0.3, 0.4) is 0 Å². The summed E-state index contributed by atoms with van der Waals surface area (Å²) >= 11 is 0. The minimum absolute atomic E-state index is 0.112. The predicted octanol–water partition coefficient (Wildman–Crippen LogP) is 6.80. The van der Waals surface area contributed by atoms with Gasteiger partial charge in [-0.3, -0.25) is 0 Å². The van der Waals surface area contributed by atoms with Gasteiger partial charge in [0.25, 0.3) is 0 Å². The van der Waals surface area contributed by atoms with Crippen LogP contribution in [0.1, 0.15) is 75.1 Å². The number of nitrogens with one attached hydrogen (secondary N) is 2. The van der Waals surface area contributed by atoms with E-state index in [-0.39, 0.29) is 17.6 Å². The average Bonchev–Trinajstić information content (AvgIpc) is 3.45. The van der Waals surface area contributed by atoms with E-state index in [1.54, 1.807) is 6.07 Å². The molecule has 1 aromatic heterocycles. The number of aliphatic hydroxyl groups excluding tert-OH is 2. The molecule has 6 unspecified atom stereocenters. The lowest BCUT2D eigenvalue weighted by atomic mass is 9.83. The number of aromatic amines is 1. The number of phenolic OH excluding ortho intramolecular Hbond substituents is 1. The van der Waals surface area contributed by atoms with Crippen LogP contribution in [0.2, 0.25) is 0 Å². The first kappa shape index (κ1) is 34.6. The molecule has 2 aliphatic rings. The maximum absolute atomic E-state index is 11.1. The van der Waals surface area contributed by atoms with Gasteiger partial charge in [0.1, 0.15) is 0 Å².